The maximum absolute atomic E-state index is 8.89. The van der Waals surface area contributed by atoms with Gasteiger partial charge in [-0.3, -0.25) is 0 Å². The van der Waals surface area contributed by atoms with Crippen molar-refractivity contribution in [1.29, 1.82) is 5.26 Å². The molecule has 0 amide bonds. The molecule has 0 fully saturated rings. The summed E-state index contributed by atoms with van der Waals surface area (Å²) < 4.78 is 0. The zero-order valence-electron chi connectivity index (χ0n) is 15.2. The molecule has 3 heteroatoms. The van der Waals surface area contributed by atoms with Gasteiger partial charge in [0.2, 0.25) is 0 Å². The zero-order chi connectivity index (χ0) is 18.2. The first-order valence-corrected chi connectivity index (χ1v) is 9.22. The minimum atomic E-state index is 0.675. The van der Waals surface area contributed by atoms with Crippen LogP contribution in [0.3, 0.4) is 0 Å². The number of unbranched alkanes of at least 4 members (excludes halogenated alkanes) is 3. The molecule has 0 saturated heterocycles. The summed E-state index contributed by atoms with van der Waals surface area (Å²) in [6, 6.07) is 18.0. The van der Waals surface area contributed by atoms with Crippen LogP contribution < -0.4 is 0 Å². The van der Waals surface area contributed by atoms with Gasteiger partial charge in [0.15, 0.2) is 5.82 Å². The van der Waals surface area contributed by atoms with Gasteiger partial charge in [-0.25, -0.2) is 9.97 Å². The van der Waals surface area contributed by atoms with E-state index in [1.807, 2.05) is 48.8 Å². The van der Waals surface area contributed by atoms with Crippen LogP contribution in [0.1, 0.15) is 43.7 Å². The van der Waals surface area contributed by atoms with Crippen molar-refractivity contribution >= 4 is 0 Å². The predicted octanol–water partition coefficient (Wildman–Crippen LogP) is 5.81. The predicted molar refractivity (Wildman–Crippen MR) is 105 cm³/mol. The summed E-state index contributed by atoms with van der Waals surface area (Å²) in [7, 11) is 0. The van der Waals surface area contributed by atoms with Gasteiger partial charge in [-0.1, -0.05) is 62.6 Å². The molecule has 3 aromatic rings. The van der Waals surface area contributed by atoms with Gasteiger partial charge in [-0.2, -0.15) is 5.26 Å². The largest absolute Gasteiger partial charge is 0.236 e. The van der Waals surface area contributed by atoms with Crippen molar-refractivity contribution in [2.24, 2.45) is 0 Å². The summed E-state index contributed by atoms with van der Waals surface area (Å²) in [5.41, 5.74) is 5.11. The van der Waals surface area contributed by atoms with Gasteiger partial charge in [0.1, 0.15) is 0 Å². The Labute approximate surface area is 155 Å². The lowest BCUT2D eigenvalue weighted by molar-refractivity contribution is 0.665. The van der Waals surface area contributed by atoms with E-state index in [0.717, 1.165) is 28.9 Å². The lowest BCUT2D eigenvalue weighted by Gasteiger charge is -2.05. The van der Waals surface area contributed by atoms with Crippen molar-refractivity contribution in [2.45, 2.75) is 39.0 Å². The van der Waals surface area contributed by atoms with E-state index in [0.29, 0.717) is 5.56 Å². The number of aromatic nitrogens is 2. The molecule has 3 nitrogen and oxygen atoms in total. The Balaban J connectivity index is 1.67. The number of benzene rings is 2. The average Bonchev–Trinajstić information content (AvgIpc) is 2.72. The van der Waals surface area contributed by atoms with Crippen LogP contribution in [0.4, 0.5) is 0 Å². The van der Waals surface area contributed by atoms with Crippen LogP contribution in [-0.4, -0.2) is 9.97 Å². The molecule has 0 spiro atoms. The fourth-order valence-corrected chi connectivity index (χ4v) is 2.94. The summed E-state index contributed by atoms with van der Waals surface area (Å²) in [6.45, 7) is 2.23. The molecule has 0 aliphatic carbocycles. The number of hydrogen-bond acceptors (Lipinski definition) is 3. The third-order valence-corrected chi connectivity index (χ3v) is 4.51. The smallest absolute Gasteiger partial charge is 0.159 e. The molecule has 1 heterocycles. The summed E-state index contributed by atoms with van der Waals surface area (Å²) in [6.07, 6.45) is 9.98. The summed E-state index contributed by atoms with van der Waals surface area (Å²) in [5.74, 6) is 0.758. The van der Waals surface area contributed by atoms with Gasteiger partial charge in [0, 0.05) is 18.0 Å². The van der Waals surface area contributed by atoms with E-state index in [4.69, 9.17) is 5.26 Å². The Morgan fingerprint density at radius 3 is 1.92 bits per heavy atom. The molecule has 3 rings (SSSR count). The van der Waals surface area contributed by atoms with Crippen LogP contribution in [0.25, 0.3) is 22.5 Å². The molecule has 130 valence electrons. The van der Waals surface area contributed by atoms with Crippen LogP contribution in [0.2, 0.25) is 0 Å². The van der Waals surface area contributed by atoms with Crippen LogP contribution in [-0.2, 0) is 6.42 Å². The van der Waals surface area contributed by atoms with Crippen molar-refractivity contribution in [3.05, 3.63) is 72.1 Å². The van der Waals surface area contributed by atoms with Crippen LogP contribution in [0, 0.1) is 11.3 Å². The first-order valence-electron chi connectivity index (χ1n) is 9.22. The van der Waals surface area contributed by atoms with Crippen LogP contribution in [0.15, 0.2) is 60.9 Å². The Morgan fingerprint density at radius 1 is 0.769 bits per heavy atom. The normalized spacial score (nSPS) is 10.5. The molecule has 0 unspecified atom stereocenters. The van der Waals surface area contributed by atoms with Crippen LogP contribution in [0.5, 0.6) is 0 Å². The molecule has 1 aromatic heterocycles. The van der Waals surface area contributed by atoms with E-state index >= 15 is 0 Å². The molecule has 2 aromatic carbocycles. The van der Waals surface area contributed by atoms with Gasteiger partial charge in [0.05, 0.1) is 11.6 Å². The van der Waals surface area contributed by atoms with Gasteiger partial charge in [-0.05, 0) is 41.7 Å². The SMILES string of the molecule is CCCCCCc1cnc(-c2ccc(-c3ccc(C#N)cc3)cc2)nc1. The summed E-state index contributed by atoms with van der Waals surface area (Å²) in [4.78, 5) is 9.05. The topological polar surface area (TPSA) is 49.6 Å². The minimum absolute atomic E-state index is 0.675. The Kier molecular flexibility index (Phi) is 6.11. The lowest BCUT2D eigenvalue weighted by atomic mass is 10.0. The third kappa shape index (κ3) is 4.55. The zero-order valence-corrected chi connectivity index (χ0v) is 15.2. The highest BCUT2D eigenvalue weighted by Gasteiger charge is 2.04. The molecular formula is C23H23N3. The first kappa shape index (κ1) is 17.8. The van der Waals surface area contributed by atoms with Crippen molar-refractivity contribution in [3.63, 3.8) is 0 Å². The molecule has 26 heavy (non-hydrogen) atoms. The third-order valence-electron chi connectivity index (χ3n) is 4.51. The number of nitriles is 1. The van der Waals surface area contributed by atoms with Crippen LogP contribution >= 0.6 is 0 Å². The number of aryl methyl sites for hydroxylation is 1. The molecule has 0 radical (unpaired) electrons. The van der Waals surface area contributed by atoms with Gasteiger partial charge in [0.25, 0.3) is 0 Å². The average molecular weight is 341 g/mol. The van der Waals surface area contributed by atoms with Gasteiger partial charge < -0.3 is 0 Å². The minimum Gasteiger partial charge on any atom is -0.236 e. The molecule has 0 saturated carbocycles. The highest BCUT2D eigenvalue weighted by molar-refractivity contribution is 5.68. The molecule has 0 atom stereocenters. The van der Waals surface area contributed by atoms with E-state index < -0.39 is 0 Å². The van der Waals surface area contributed by atoms with E-state index in [9.17, 15) is 0 Å². The second kappa shape index (κ2) is 8.92. The molecule has 0 aliphatic rings. The Hall–Kier alpha value is -2.99. The van der Waals surface area contributed by atoms with Crippen molar-refractivity contribution in [1.82, 2.24) is 9.97 Å². The number of rotatable bonds is 7. The Bertz CT molecular complexity index is 857. The quantitative estimate of drug-likeness (QED) is 0.510. The fourth-order valence-electron chi connectivity index (χ4n) is 2.94. The lowest BCUT2D eigenvalue weighted by Crippen LogP contribution is -1.93. The second-order valence-electron chi connectivity index (χ2n) is 6.49. The molecular weight excluding hydrogens is 318 g/mol. The highest BCUT2D eigenvalue weighted by Crippen LogP contribution is 2.23. The van der Waals surface area contributed by atoms with E-state index in [1.165, 1.54) is 31.2 Å². The number of hydrogen-bond donors (Lipinski definition) is 0. The van der Waals surface area contributed by atoms with Gasteiger partial charge in [-0.15, -0.1) is 0 Å². The number of nitrogens with zero attached hydrogens (tertiary/aromatic N) is 3. The summed E-state index contributed by atoms with van der Waals surface area (Å²) in [5, 5.41) is 8.89. The highest BCUT2D eigenvalue weighted by atomic mass is 14.9. The molecule has 0 N–H and O–H groups in total. The van der Waals surface area contributed by atoms with Gasteiger partial charge >= 0.3 is 0 Å². The standard InChI is InChI=1S/C23H23N3/c1-2-3-4-5-6-19-16-25-23(26-17-19)22-13-11-21(12-14-22)20-9-7-18(15-24)8-10-20/h7-14,16-17H,2-6H2,1H3. The monoisotopic (exact) mass is 341 g/mol. The maximum atomic E-state index is 8.89. The van der Waals surface area contributed by atoms with E-state index in [-0.39, 0.29) is 0 Å². The summed E-state index contributed by atoms with van der Waals surface area (Å²) >= 11 is 0. The first-order chi connectivity index (χ1) is 12.8. The van der Waals surface area contributed by atoms with E-state index in [1.54, 1.807) is 0 Å². The van der Waals surface area contributed by atoms with E-state index in [2.05, 4.69) is 35.1 Å². The van der Waals surface area contributed by atoms with Crippen molar-refractivity contribution < 1.29 is 0 Å². The van der Waals surface area contributed by atoms with Crippen molar-refractivity contribution in [2.75, 3.05) is 0 Å². The maximum Gasteiger partial charge on any atom is 0.159 e. The molecule has 0 bridgehead atoms. The Morgan fingerprint density at radius 2 is 1.35 bits per heavy atom. The fraction of sp³-hybridized carbons (Fsp3) is 0.261. The second-order valence-corrected chi connectivity index (χ2v) is 6.49. The molecule has 0 aliphatic heterocycles. The van der Waals surface area contributed by atoms with Crippen molar-refractivity contribution in [3.8, 4) is 28.6 Å².